The molecule has 0 radical (unpaired) electrons. The Kier molecular flexibility index (Phi) is 5.29. The van der Waals surface area contributed by atoms with E-state index < -0.39 is 21.7 Å². The molecule has 0 unspecified atom stereocenters. The molecule has 0 spiro atoms. The summed E-state index contributed by atoms with van der Waals surface area (Å²) in [6, 6.07) is 14.0. The van der Waals surface area contributed by atoms with Crippen molar-refractivity contribution in [3.63, 3.8) is 0 Å². The number of nitrogens with one attached hydrogen (secondary N) is 2. The molecule has 0 aliphatic heterocycles. The van der Waals surface area contributed by atoms with Gasteiger partial charge in [0.2, 0.25) is 15.0 Å². The van der Waals surface area contributed by atoms with Gasteiger partial charge in [0.1, 0.15) is 5.82 Å². The zero-order chi connectivity index (χ0) is 22.2. The van der Waals surface area contributed by atoms with Crippen molar-refractivity contribution in [2.24, 2.45) is 0 Å². The Labute approximate surface area is 180 Å². The molecule has 2 N–H and O–H groups in total. The number of carbonyl (C=O) groups is 2. The van der Waals surface area contributed by atoms with Crippen molar-refractivity contribution < 1.29 is 22.4 Å². The molecule has 1 aromatic carbocycles. The van der Waals surface area contributed by atoms with Gasteiger partial charge in [-0.2, -0.15) is 0 Å². The van der Waals surface area contributed by atoms with Crippen LogP contribution in [0.25, 0.3) is 16.0 Å². The van der Waals surface area contributed by atoms with Gasteiger partial charge in [-0.25, -0.2) is 17.8 Å². The number of thiophene rings is 1. The molecule has 4 aromatic rings. The van der Waals surface area contributed by atoms with E-state index in [0.717, 1.165) is 16.7 Å². The van der Waals surface area contributed by atoms with E-state index in [9.17, 15) is 22.4 Å². The number of hydrazine groups is 1. The number of imidazole rings is 1. The van der Waals surface area contributed by atoms with Crippen LogP contribution in [0.3, 0.4) is 0 Å². The van der Waals surface area contributed by atoms with Crippen LogP contribution in [0.5, 0.6) is 0 Å². The number of nitrogens with zero attached hydrogens (tertiary/aromatic N) is 2. The third kappa shape index (κ3) is 4.18. The molecule has 4 rings (SSSR count). The molecule has 0 fully saturated rings. The molecule has 0 saturated carbocycles. The van der Waals surface area contributed by atoms with E-state index in [0.29, 0.717) is 4.88 Å². The zero-order valence-corrected chi connectivity index (χ0v) is 17.6. The number of carbonyl (C=O) groups excluding carboxylic acids is 2. The summed E-state index contributed by atoms with van der Waals surface area (Å²) in [5.41, 5.74) is 5.45. The summed E-state index contributed by atoms with van der Waals surface area (Å²) in [5.74, 6) is -1.67. The van der Waals surface area contributed by atoms with Crippen molar-refractivity contribution in [1.29, 1.82) is 0 Å². The fourth-order valence-corrected chi connectivity index (χ4v) is 4.58. The first kappa shape index (κ1) is 20.7. The molecular weight excluding hydrogens is 443 g/mol. The van der Waals surface area contributed by atoms with Crippen LogP contribution >= 0.6 is 11.3 Å². The van der Waals surface area contributed by atoms with Gasteiger partial charge in [0, 0.05) is 17.3 Å². The molecule has 0 aliphatic rings. The van der Waals surface area contributed by atoms with Crippen LogP contribution in [0.15, 0.2) is 66.0 Å². The first-order chi connectivity index (χ1) is 14.7. The second-order valence-corrected chi connectivity index (χ2v) is 9.54. The van der Waals surface area contributed by atoms with Gasteiger partial charge in [0.05, 0.1) is 10.4 Å². The van der Waals surface area contributed by atoms with Crippen LogP contribution in [0.2, 0.25) is 0 Å². The minimum absolute atomic E-state index is 0.139. The third-order valence-corrected chi connectivity index (χ3v) is 6.40. The summed E-state index contributed by atoms with van der Waals surface area (Å²) in [6.07, 6.45) is 2.48. The number of aromatic nitrogens is 2. The number of sulfone groups is 1. The molecule has 3 heterocycles. The minimum Gasteiger partial charge on any atom is -0.290 e. The van der Waals surface area contributed by atoms with Gasteiger partial charge in [0.25, 0.3) is 11.8 Å². The Hall–Kier alpha value is -3.57. The topological polar surface area (TPSA) is 110 Å². The van der Waals surface area contributed by atoms with E-state index in [1.807, 2.05) is 0 Å². The molecule has 0 saturated heterocycles. The number of hydrogen-bond donors (Lipinski definition) is 2. The largest absolute Gasteiger partial charge is 0.290 e. The SMILES string of the molecule is CS(=O)(=O)c1nc(C(=O)NNC(=O)c2ccc(-c3ccc(F)cc3)s2)c2ccccn12. The Morgan fingerprint density at radius 2 is 1.71 bits per heavy atom. The quantitative estimate of drug-likeness (QED) is 0.457. The number of pyridine rings is 1. The zero-order valence-electron chi connectivity index (χ0n) is 16.0. The summed E-state index contributed by atoms with van der Waals surface area (Å²) in [7, 11) is -3.68. The Balaban J connectivity index is 1.51. The molecule has 11 heteroatoms. The van der Waals surface area contributed by atoms with Crippen LogP contribution in [-0.2, 0) is 9.84 Å². The maximum absolute atomic E-state index is 13.1. The molecular formula is C20H15FN4O4S2. The highest BCUT2D eigenvalue weighted by molar-refractivity contribution is 7.90. The predicted molar refractivity (Wildman–Crippen MR) is 113 cm³/mol. The van der Waals surface area contributed by atoms with E-state index in [-0.39, 0.29) is 22.2 Å². The lowest BCUT2D eigenvalue weighted by atomic mass is 10.2. The fraction of sp³-hybridized carbons (Fsp3) is 0.0500. The number of hydrogen-bond acceptors (Lipinski definition) is 6. The van der Waals surface area contributed by atoms with E-state index in [2.05, 4.69) is 15.8 Å². The molecule has 0 aliphatic carbocycles. The standard InChI is InChI=1S/C20H15FN4O4S2/c1-31(28,29)20-22-17(14-4-2-3-11-25(14)20)19(27)24-23-18(26)16-10-9-15(30-16)12-5-7-13(21)8-6-12/h2-11H,1H3,(H,23,26)(H,24,27). The average Bonchev–Trinajstić information content (AvgIpc) is 3.37. The van der Waals surface area contributed by atoms with Crippen molar-refractivity contribution in [3.05, 3.63) is 77.2 Å². The van der Waals surface area contributed by atoms with Crippen molar-refractivity contribution in [2.45, 2.75) is 5.16 Å². The number of benzene rings is 1. The molecule has 0 atom stereocenters. The lowest BCUT2D eigenvalue weighted by Gasteiger charge is -2.05. The maximum atomic E-state index is 13.1. The Bertz CT molecular complexity index is 1410. The van der Waals surface area contributed by atoms with Crippen molar-refractivity contribution >= 4 is 38.5 Å². The van der Waals surface area contributed by atoms with Gasteiger partial charge >= 0.3 is 0 Å². The second-order valence-electron chi connectivity index (χ2n) is 6.55. The van der Waals surface area contributed by atoms with E-state index in [1.54, 1.807) is 42.5 Å². The Morgan fingerprint density at radius 1 is 1.00 bits per heavy atom. The van der Waals surface area contributed by atoms with Gasteiger partial charge in [-0.05, 0) is 42.0 Å². The molecule has 2 amide bonds. The minimum atomic E-state index is -3.68. The average molecular weight is 458 g/mol. The fourth-order valence-electron chi connectivity index (χ4n) is 2.90. The molecule has 3 aromatic heterocycles. The van der Waals surface area contributed by atoms with Crippen LogP contribution in [0.1, 0.15) is 20.2 Å². The Morgan fingerprint density at radius 3 is 2.42 bits per heavy atom. The molecule has 31 heavy (non-hydrogen) atoms. The van der Waals surface area contributed by atoms with Gasteiger partial charge in [-0.15, -0.1) is 11.3 Å². The van der Waals surface area contributed by atoms with Crippen LogP contribution in [0.4, 0.5) is 4.39 Å². The number of rotatable bonds is 4. The normalized spacial score (nSPS) is 11.4. The summed E-state index contributed by atoms with van der Waals surface area (Å²) in [4.78, 5) is 30.0. The molecule has 0 bridgehead atoms. The highest BCUT2D eigenvalue weighted by Crippen LogP contribution is 2.28. The van der Waals surface area contributed by atoms with Gasteiger partial charge < -0.3 is 0 Å². The van der Waals surface area contributed by atoms with Gasteiger partial charge in [-0.1, -0.05) is 18.2 Å². The number of halogens is 1. The summed E-state index contributed by atoms with van der Waals surface area (Å²) in [6.45, 7) is 0. The van der Waals surface area contributed by atoms with Crippen LogP contribution in [0, 0.1) is 5.82 Å². The van der Waals surface area contributed by atoms with E-state index in [4.69, 9.17) is 0 Å². The van der Waals surface area contributed by atoms with E-state index in [1.165, 1.54) is 34.1 Å². The maximum Gasteiger partial charge on any atom is 0.290 e. The van der Waals surface area contributed by atoms with Crippen LogP contribution < -0.4 is 10.9 Å². The van der Waals surface area contributed by atoms with Crippen molar-refractivity contribution in [1.82, 2.24) is 20.2 Å². The van der Waals surface area contributed by atoms with Crippen molar-refractivity contribution in [3.8, 4) is 10.4 Å². The predicted octanol–water partition coefficient (Wildman–Crippen LogP) is 2.68. The van der Waals surface area contributed by atoms with Gasteiger partial charge in [0.15, 0.2) is 5.69 Å². The van der Waals surface area contributed by atoms with Crippen molar-refractivity contribution in [2.75, 3.05) is 6.26 Å². The third-order valence-electron chi connectivity index (χ3n) is 4.31. The summed E-state index contributed by atoms with van der Waals surface area (Å²) >= 11 is 1.17. The highest BCUT2D eigenvalue weighted by Gasteiger charge is 2.23. The van der Waals surface area contributed by atoms with E-state index >= 15 is 0 Å². The first-order valence-electron chi connectivity index (χ1n) is 8.87. The number of fused-ring (bicyclic) bond motifs is 1. The monoisotopic (exact) mass is 458 g/mol. The lowest BCUT2D eigenvalue weighted by Crippen LogP contribution is -2.41. The number of amides is 2. The molecule has 8 nitrogen and oxygen atoms in total. The van der Waals surface area contributed by atoms with Crippen LogP contribution in [-0.4, -0.2) is 35.9 Å². The first-order valence-corrected chi connectivity index (χ1v) is 11.6. The van der Waals surface area contributed by atoms with Gasteiger partial charge in [-0.3, -0.25) is 24.8 Å². The lowest BCUT2D eigenvalue weighted by molar-refractivity contribution is 0.0847. The molecule has 158 valence electrons. The smallest absolute Gasteiger partial charge is 0.290 e. The summed E-state index contributed by atoms with van der Waals surface area (Å²) < 4.78 is 38.3. The second kappa shape index (κ2) is 7.93. The summed E-state index contributed by atoms with van der Waals surface area (Å²) in [5, 5.41) is -0.276. The highest BCUT2D eigenvalue weighted by atomic mass is 32.2.